The molecule has 9 nitrogen and oxygen atoms in total. The number of hydrogen-bond donors (Lipinski definition) is 1. The summed E-state index contributed by atoms with van der Waals surface area (Å²) in [7, 11) is 0. The van der Waals surface area contributed by atoms with E-state index in [0.717, 1.165) is 11.4 Å². The number of para-hydroxylation sites is 1. The highest BCUT2D eigenvalue weighted by Crippen LogP contribution is 2.25. The van der Waals surface area contributed by atoms with Gasteiger partial charge in [0.1, 0.15) is 5.56 Å². The summed E-state index contributed by atoms with van der Waals surface area (Å²) >= 11 is 0. The zero-order valence-electron chi connectivity index (χ0n) is 19.0. The Labute approximate surface area is 187 Å². The van der Waals surface area contributed by atoms with Gasteiger partial charge >= 0.3 is 5.97 Å². The van der Waals surface area contributed by atoms with Gasteiger partial charge in [-0.25, -0.2) is 14.5 Å². The number of carbonyl (C=O) groups excluding carboxylic acids is 2. The summed E-state index contributed by atoms with van der Waals surface area (Å²) < 4.78 is 6.77. The number of aryl methyl sites for hydroxylation is 2. The molecular weight excluding hydrogens is 408 g/mol. The first-order valence-corrected chi connectivity index (χ1v) is 10.6. The zero-order chi connectivity index (χ0) is 23.3. The van der Waals surface area contributed by atoms with Gasteiger partial charge in [0.2, 0.25) is 0 Å². The summed E-state index contributed by atoms with van der Waals surface area (Å²) in [6.07, 6.45) is 1.41. The number of amides is 1. The first kappa shape index (κ1) is 22.9. The number of anilines is 2. The van der Waals surface area contributed by atoms with Crippen LogP contribution in [0.5, 0.6) is 0 Å². The molecule has 3 rings (SSSR count). The predicted octanol–water partition coefficient (Wildman–Crippen LogP) is 3.68. The summed E-state index contributed by atoms with van der Waals surface area (Å²) in [5, 5.41) is 7.58. The van der Waals surface area contributed by atoms with Crippen LogP contribution in [0.4, 0.5) is 11.5 Å². The highest BCUT2D eigenvalue weighted by atomic mass is 16.5. The van der Waals surface area contributed by atoms with Gasteiger partial charge in [-0.3, -0.25) is 4.79 Å². The molecule has 0 spiro atoms. The molecule has 0 radical (unpaired) electrons. The molecule has 1 amide bonds. The van der Waals surface area contributed by atoms with Crippen molar-refractivity contribution in [1.82, 2.24) is 24.6 Å². The Morgan fingerprint density at radius 1 is 1.09 bits per heavy atom. The molecule has 0 saturated carbocycles. The number of nitrogens with zero attached hydrogens (tertiary/aromatic N) is 5. The normalized spacial score (nSPS) is 10.7. The fraction of sp³-hybridized carbons (Fsp3) is 0.348. The Morgan fingerprint density at radius 2 is 1.81 bits per heavy atom. The summed E-state index contributed by atoms with van der Waals surface area (Å²) in [6.45, 7) is 10.8. The van der Waals surface area contributed by atoms with Gasteiger partial charge < -0.3 is 15.0 Å². The highest BCUT2D eigenvalue weighted by Gasteiger charge is 2.21. The lowest BCUT2D eigenvalue weighted by Gasteiger charge is -2.21. The maximum absolute atomic E-state index is 13.0. The van der Waals surface area contributed by atoms with E-state index in [4.69, 9.17) is 4.74 Å². The van der Waals surface area contributed by atoms with Crippen molar-refractivity contribution in [3.63, 3.8) is 0 Å². The van der Waals surface area contributed by atoms with Crippen molar-refractivity contribution in [2.24, 2.45) is 0 Å². The number of rotatable bonds is 8. The zero-order valence-corrected chi connectivity index (χ0v) is 19.0. The maximum atomic E-state index is 13.0. The smallest absolute Gasteiger partial charge is 0.343 e. The second-order valence-corrected chi connectivity index (χ2v) is 7.14. The quantitative estimate of drug-likeness (QED) is 0.537. The molecule has 9 heteroatoms. The number of hydrogen-bond acceptors (Lipinski definition) is 7. The Morgan fingerprint density at radius 3 is 2.44 bits per heavy atom. The minimum atomic E-state index is -0.553. The molecule has 0 aliphatic carbocycles. The molecule has 1 N–H and O–H groups in total. The van der Waals surface area contributed by atoms with Gasteiger partial charge in [-0.1, -0.05) is 12.1 Å². The van der Waals surface area contributed by atoms with Gasteiger partial charge in [-0.05, 0) is 52.8 Å². The molecule has 168 valence electrons. The van der Waals surface area contributed by atoms with Gasteiger partial charge in [-0.2, -0.15) is 10.1 Å². The molecule has 0 fully saturated rings. The van der Waals surface area contributed by atoms with E-state index in [0.29, 0.717) is 30.3 Å². The maximum Gasteiger partial charge on any atom is 0.343 e. The number of carbonyl (C=O) groups is 2. The van der Waals surface area contributed by atoms with Gasteiger partial charge in [0, 0.05) is 25.0 Å². The lowest BCUT2D eigenvalue weighted by Crippen LogP contribution is -2.31. The first-order chi connectivity index (χ1) is 15.4. The van der Waals surface area contributed by atoms with Crippen LogP contribution >= 0.6 is 0 Å². The minimum Gasteiger partial charge on any atom is -0.462 e. The Bertz CT molecular complexity index is 1120. The third-order valence-corrected chi connectivity index (χ3v) is 4.93. The fourth-order valence-corrected chi connectivity index (χ4v) is 3.35. The molecule has 3 aromatic rings. The SMILES string of the molecule is CCOC(=O)c1cnc(-n2nc(C)cc2C)nc1Nc1ccccc1C(=O)N(CC)CC. The van der Waals surface area contributed by atoms with Crippen molar-refractivity contribution >= 4 is 23.4 Å². The Kier molecular flexibility index (Phi) is 7.19. The highest BCUT2D eigenvalue weighted by molar-refractivity contribution is 6.01. The summed E-state index contributed by atoms with van der Waals surface area (Å²) in [5.74, 6) is -0.120. The largest absolute Gasteiger partial charge is 0.462 e. The monoisotopic (exact) mass is 436 g/mol. The van der Waals surface area contributed by atoms with E-state index in [1.54, 1.807) is 34.7 Å². The van der Waals surface area contributed by atoms with E-state index < -0.39 is 5.97 Å². The lowest BCUT2D eigenvalue weighted by molar-refractivity contribution is 0.0526. The molecule has 0 atom stereocenters. The molecule has 32 heavy (non-hydrogen) atoms. The van der Waals surface area contributed by atoms with Crippen LogP contribution in [0, 0.1) is 13.8 Å². The molecule has 1 aromatic carbocycles. The van der Waals surface area contributed by atoms with Crippen LogP contribution in [-0.2, 0) is 4.74 Å². The van der Waals surface area contributed by atoms with Crippen LogP contribution in [-0.4, -0.2) is 56.2 Å². The van der Waals surface area contributed by atoms with E-state index in [9.17, 15) is 9.59 Å². The van der Waals surface area contributed by atoms with Crippen LogP contribution in [0.1, 0.15) is 52.9 Å². The molecule has 0 aliphatic rings. The van der Waals surface area contributed by atoms with Crippen LogP contribution in [0.25, 0.3) is 5.95 Å². The average Bonchev–Trinajstić information content (AvgIpc) is 3.12. The molecule has 2 heterocycles. The van der Waals surface area contributed by atoms with E-state index in [1.807, 2.05) is 39.8 Å². The Balaban J connectivity index is 2.08. The lowest BCUT2D eigenvalue weighted by atomic mass is 10.1. The van der Waals surface area contributed by atoms with Crippen molar-refractivity contribution in [3.05, 3.63) is 59.0 Å². The number of esters is 1. The van der Waals surface area contributed by atoms with Crippen LogP contribution in [0.2, 0.25) is 0 Å². The Hall–Kier alpha value is -3.75. The number of nitrogens with one attached hydrogen (secondary N) is 1. The van der Waals surface area contributed by atoms with Crippen molar-refractivity contribution < 1.29 is 14.3 Å². The summed E-state index contributed by atoms with van der Waals surface area (Å²) in [6, 6.07) is 9.05. The van der Waals surface area contributed by atoms with Crippen LogP contribution in [0.3, 0.4) is 0 Å². The molecule has 0 aliphatic heterocycles. The number of aromatic nitrogens is 4. The second-order valence-electron chi connectivity index (χ2n) is 7.14. The standard InChI is InChI=1S/C23H28N6O3/c1-6-28(7-2)21(30)17-11-9-10-12-19(17)25-20-18(22(31)32-8-3)14-24-23(26-20)29-16(5)13-15(4)27-29/h9-14H,6-8H2,1-5H3,(H,24,25,26). The van der Waals surface area contributed by atoms with Crippen LogP contribution < -0.4 is 5.32 Å². The summed E-state index contributed by atoms with van der Waals surface area (Å²) in [5.41, 5.74) is 2.87. The van der Waals surface area contributed by atoms with Gasteiger partial charge in [0.05, 0.1) is 23.6 Å². The molecule has 0 unspecified atom stereocenters. The summed E-state index contributed by atoms with van der Waals surface area (Å²) in [4.78, 5) is 36.2. The molecule has 0 saturated heterocycles. The van der Waals surface area contributed by atoms with Crippen LogP contribution in [0.15, 0.2) is 36.5 Å². The van der Waals surface area contributed by atoms with E-state index in [2.05, 4.69) is 20.4 Å². The first-order valence-electron chi connectivity index (χ1n) is 10.6. The molecule has 2 aromatic heterocycles. The molecular formula is C23H28N6O3. The van der Waals surface area contributed by atoms with Crippen molar-refractivity contribution in [2.75, 3.05) is 25.0 Å². The number of benzene rings is 1. The van der Waals surface area contributed by atoms with Gasteiger partial charge in [0.15, 0.2) is 5.82 Å². The van der Waals surface area contributed by atoms with Crippen molar-refractivity contribution in [3.8, 4) is 5.95 Å². The van der Waals surface area contributed by atoms with Crippen molar-refractivity contribution in [1.29, 1.82) is 0 Å². The van der Waals surface area contributed by atoms with E-state index in [1.165, 1.54) is 6.20 Å². The van der Waals surface area contributed by atoms with E-state index in [-0.39, 0.29) is 23.9 Å². The minimum absolute atomic E-state index is 0.108. The third kappa shape index (κ3) is 4.77. The van der Waals surface area contributed by atoms with Gasteiger partial charge in [0.25, 0.3) is 11.9 Å². The topological polar surface area (TPSA) is 102 Å². The molecule has 0 bridgehead atoms. The van der Waals surface area contributed by atoms with Gasteiger partial charge in [-0.15, -0.1) is 0 Å². The van der Waals surface area contributed by atoms with Crippen molar-refractivity contribution in [2.45, 2.75) is 34.6 Å². The second kappa shape index (κ2) is 10.0. The van der Waals surface area contributed by atoms with E-state index >= 15 is 0 Å². The average molecular weight is 437 g/mol. The fourth-order valence-electron chi connectivity index (χ4n) is 3.35. The third-order valence-electron chi connectivity index (χ3n) is 4.93. The number of ether oxygens (including phenoxy) is 1. The predicted molar refractivity (Wildman–Crippen MR) is 122 cm³/mol.